The lowest BCUT2D eigenvalue weighted by Crippen LogP contribution is -2.01. The maximum absolute atomic E-state index is 10.8. The summed E-state index contributed by atoms with van der Waals surface area (Å²) in [5.74, 6) is -0.826. The van der Waals surface area contributed by atoms with Gasteiger partial charge in [0.2, 0.25) is 5.89 Å². The number of benzene rings is 1. The number of hydrogen-bond donors (Lipinski definition) is 1. The summed E-state index contributed by atoms with van der Waals surface area (Å²) in [4.78, 5) is 14.6. The average Bonchev–Trinajstić information content (AvgIpc) is 2.97. The molecule has 1 aromatic carbocycles. The highest BCUT2D eigenvalue weighted by atomic mass is 35.5. The van der Waals surface area contributed by atoms with E-state index in [1.807, 2.05) is 16.8 Å². The molecule has 0 bridgehead atoms. The quantitative estimate of drug-likeness (QED) is 0.801. The van der Waals surface area contributed by atoms with E-state index in [4.69, 9.17) is 32.7 Å². The van der Waals surface area contributed by atoms with Crippen LogP contribution in [0.3, 0.4) is 0 Å². The van der Waals surface area contributed by atoms with E-state index < -0.39 is 5.97 Å². The number of aromatic carboxylic acids is 1. The number of rotatable bonds is 3. The first-order valence-electron chi connectivity index (χ1n) is 5.66. The fourth-order valence-electron chi connectivity index (χ4n) is 2.02. The Morgan fingerprint density at radius 2 is 2.20 bits per heavy atom. The lowest BCUT2D eigenvalue weighted by Gasteiger charge is -2.04. The van der Waals surface area contributed by atoms with Gasteiger partial charge in [-0.2, -0.15) is 0 Å². The van der Waals surface area contributed by atoms with Crippen LogP contribution < -0.4 is 0 Å². The molecule has 3 rings (SSSR count). The van der Waals surface area contributed by atoms with Crippen LogP contribution in [0.4, 0.5) is 0 Å². The zero-order chi connectivity index (χ0) is 14.3. The highest BCUT2D eigenvalue weighted by Gasteiger charge is 2.13. The van der Waals surface area contributed by atoms with Gasteiger partial charge in [0, 0.05) is 16.6 Å². The molecule has 2 aromatic heterocycles. The smallest absolute Gasteiger partial charge is 0.357 e. The molecule has 0 aliphatic carbocycles. The molecule has 102 valence electrons. The molecule has 0 atom stereocenters. The third kappa shape index (κ3) is 2.26. The summed E-state index contributed by atoms with van der Waals surface area (Å²) in [6.45, 7) is 0.290. The highest BCUT2D eigenvalue weighted by molar-refractivity contribution is 6.38. The van der Waals surface area contributed by atoms with E-state index in [1.54, 1.807) is 12.1 Å². The summed E-state index contributed by atoms with van der Waals surface area (Å²) in [7, 11) is 0. The number of hydrogen-bond acceptors (Lipinski definition) is 3. The number of carboxylic acid groups (broad SMARTS) is 1. The number of halogens is 2. The van der Waals surface area contributed by atoms with Gasteiger partial charge in [0.05, 0.1) is 17.1 Å². The molecule has 3 aromatic rings. The largest absolute Gasteiger partial charge is 0.476 e. The highest BCUT2D eigenvalue weighted by Crippen LogP contribution is 2.29. The Morgan fingerprint density at radius 1 is 1.40 bits per heavy atom. The van der Waals surface area contributed by atoms with Crippen molar-refractivity contribution in [1.29, 1.82) is 0 Å². The van der Waals surface area contributed by atoms with Crippen molar-refractivity contribution in [3.63, 3.8) is 0 Å². The number of aromatic nitrogens is 2. The minimum Gasteiger partial charge on any atom is -0.476 e. The second kappa shape index (κ2) is 4.85. The first kappa shape index (κ1) is 13.0. The fraction of sp³-hybridized carbons (Fsp3) is 0.0769. The van der Waals surface area contributed by atoms with Crippen LogP contribution in [0, 0.1) is 0 Å². The van der Waals surface area contributed by atoms with Crippen molar-refractivity contribution >= 4 is 40.1 Å². The molecule has 0 aliphatic heterocycles. The van der Waals surface area contributed by atoms with E-state index in [0.717, 1.165) is 17.2 Å². The van der Waals surface area contributed by atoms with Crippen LogP contribution in [0.15, 0.2) is 35.1 Å². The summed E-state index contributed by atoms with van der Waals surface area (Å²) in [5, 5.41) is 10.8. The van der Waals surface area contributed by atoms with E-state index in [1.165, 1.54) is 0 Å². The summed E-state index contributed by atoms with van der Waals surface area (Å²) in [6.07, 6.45) is 2.93. The zero-order valence-corrected chi connectivity index (χ0v) is 11.5. The zero-order valence-electron chi connectivity index (χ0n) is 10.0. The Morgan fingerprint density at radius 3 is 2.90 bits per heavy atom. The minimum atomic E-state index is -1.12. The third-order valence-electron chi connectivity index (χ3n) is 2.86. The van der Waals surface area contributed by atoms with Gasteiger partial charge in [-0.05, 0) is 18.2 Å². The molecule has 20 heavy (non-hydrogen) atoms. The number of oxazole rings is 1. The lowest BCUT2D eigenvalue weighted by atomic mass is 10.2. The molecule has 0 saturated carbocycles. The molecule has 0 amide bonds. The van der Waals surface area contributed by atoms with E-state index in [2.05, 4.69) is 4.98 Å². The topological polar surface area (TPSA) is 68.3 Å². The predicted octanol–water partition coefficient (Wildman–Crippen LogP) is 3.68. The summed E-state index contributed by atoms with van der Waals surface area (Å²) >= 11 is 12.1. The molecular weight excluding hydrogens is 303 g/mol. The van der Waals surface area contributed by atoms with Crippen molar-refractivity contribution in [2.24, 2.45) is 0 Å². The molecule has 0 spiro atoms. The van der Waals surface area contributed by atoms with Crippen molar-refractivity contribution in [3.05, 3.63) is 52.3 Å². The molecule has 0 radical (unpaired) electrons. The molecule has 1 N–H and O–H groups in total. The summed E-state index contributed by atoms with van der Waals surface area (Å²) < 4.78 is 6.95. The van der Waals surface area contributed by atoms with E-state index in [9.17, 15) is 4.79 Å². The first-order chi connectivity index (χ1) is 9.54. The summed E-state index contributed by atoms with van der Waals surface area (Å²) in [6, 6.07) is 5.33. The summed E-state index contributed by atoms with van der Waals surface area (Å²) in [5.41, 5.74) is 0.678. The van der Waals surface area contributed by atoms with Crippen molar-refractivity contribution in [2.45, 2.75) is 6.54 Å². The van der Waals surface area contributed by atoms with E-state index in [-0.39, 0.29) is 12.2 Å². The van der Waals surface area contributed by atoms with Gasteiger partial charge in [0.1, 0.15) is 6.26 Å². The van der Waals surface area contributed by atoms with Gasteiger partial charge in [-0.15, -0.1) is 0 Å². The van der Waals surface area contributed by atoms with Gasteiger partial charge >= 0.3 is 5.97 Å². The second-order valence-corrected chi connectivity index (χ2v) is 5.04. The van der Waals surface area contributed by atoms with Gasteiger partial charge in [0.15, 0.2) is 5.69 Å². The van der Waals surface area contributed by atoms with Gasteiger partial charge in [-0.25, -0.2) is 9.78 Å². The maximum atomic E-state index is 10.8. The lowest BCUT2D eigenvalue weighted by molar-refractivity contribution is 0.0690. The van der Waals surface area contributed by atoms with Crippen LogP contribution in [-0.4, -0.2) is 20.6 Å². The van der Waals surface area contributed by atoms with E-state index in [0.29, 0.717) is 15.9 Å². The number of nitrogens with zero attached hydrogens (tertiary/aromatic N) is 2. The molecule has 7 heteroatoms. The Balaban J connectivity index is 2.00. The Labute approximate surface area is 123 Å². The number of carboxylic acids is 1. The van der Waals surface area contributed by atoms with Gasteiger partial charge in [-0.1, -0.05) is 23.2 Å². The number of fused-ring (bicyclic) bond motifs is 1. The monoisotopic (exact) mass is 310 g/mol. The van der Waals surface area contributed by atoms with Gasteiger partial charge in [-0.3, -0.25) is 0 Å². The molecule has 0 fully saturated rings. The first-order valence-corrected chi connectivity index (χ1v) is 6.42. The SMILES string of the molecule is O=C(O)c1coc(Cn2ccc3cc(Cl)cc(Cl)c32)n1. The molecular formula is C13H8Cl2N2O3. The minimum absolute atomic E-state index is 0.120. The molecule has 0 aliphatic rings. The molecule has 0 unspecified atom stereocenters. The van der Waals surface area contributed by atoms with Crippen LogP contribution in [-0.2, 0) is 6.54 Å². The molecule has 0 saturated heterocycles. The van der Waals surface area contributed by atoms with Crippen molar-refractivity contribution in [2.75, 3.05) is 0 Å². The third-order valence-corrected chi connectivity index (χ3v) is 3.36. The standard InChI is InChI=1S/C13H8Cl2N2O3/c14-8-3-7-1-2-17(12(7)9(15)4-8)5-11-16-10(6-20-11)13(18)19/h1-4,6H,5H2,(H,18,19). The number of carbonyl (C=O) groups is 1. The average molecular weight is 311 g/mol. The van der Waals surface area contributed by atoms with Crippen LogP contribution in [0.5, 0.6) is 0 Å². The Bertz CT molecular complexity index is 807. The Kier molecular flexibility index (Phi) is 3.16. The maximum Gasteiger partial charge on any atom is 0.357 e. The molecule has 2 heterocycles. The van der Waals surface area contributed by atoms with Crippen molar-refractivity contribution < 1.29 is 14.3 Å². The van der Waals surface area contributed by atoms with Crippen LogP contribution in [0.25, 0.3) is 10.9 Å². The van der Waals surface area contributed by atoms with Gasteiger partial charge < -0.3 is 14.1 Å². The van der Waals surface area contributed by atoms with Crippen LogP contribution in [0.2, 0.25) is 10.0 Å². The van der Waals surface area contributed by atoms with Gasteiger partial charge in [0.25, 0.3) is 0 Å². The van der Waals surface area contributed by atoms with Crippen molar-refractivity contribution in [3.8, 4) is 0 Å². The Hall–Kier alpha value is -1.98. The molecule has 5 nitrogen and oxygen atoms in total. The van der Waals surface area contributed by atoms with Crippen LogP contribution >= 0.6 is 23.2 Å². The van der Waals surface area contributed by atoms with Crippen molar-refractivity contribution in [1.82, 2.24) is 9.55 Å². The van der Waals surface area contributed by atoms with Crippen LogP contribution in [0.1, 0.15) is 16.4 Å². The normalized spacial score (nSPS) is 11.1. The second-order valence-electron chi connectivity index (χ2n) is 4.20. The fourth-order valence-corrected chi connectivity index (χ4v) is 2.64. The predicted molar refractivity (Wildman–Crippen MR) is 74.5 cm³/mol. The van der Waals surface area contributed by atoms with E-state index >= 15 is 0 Å².